The molecule has 2 atom stereocenters. The normalized spacial score (nSPS) is 39.2. The first-order valence-electron chi connectivity index (χ1n) is 5.99. The quantitative estimate of drug-likeness (QED) is 0.602. The SMILES string of the molecule is CC1=CC[C@@]2(CC1)C(O)CC=CC2(C)C. The molecule has 0 aliphatic heterocycles. The molecule has 0 heterocycles. The van der Waals surface area contributed by atoms with Crippen molar-refractivity contribution in [2.24, 2.45) is 10.8 Å². The van der Waals surface area contributed by atoms with Crippen LogP contribution in [0.15, 0.2) is 23.8 Å². The summed E-state index contributed by atoms with van der Waals surface area (Å²) in [6.07, 6.45) is 10.8. The van der Waals surface area contributed by atoms with E-state index in [1.54, 1.807) is 0 Å². The fourth-order valence-corrected chi connectivity index (χ4v) is 3.18. The molecule has 0 fully saturated rings. The highest BCUT2D eigenvalue weighted by Crippen LogP contribution is 2.54. The van der Waals surface area contributed by atoms with Crippen LogP contribution in [0, 0.1) is 10.8 Å². The molecule has 2 rings (SSSR count). The number of allylic oxidation sites excluding steroid dienone is 3. The van der Waals surface area contributed by atoms with Gasteiger partial charge < -0.3 is 5.11 Å². The van der Waals surface area contributed by atoms with Gasteiger partial charge in [-0.25, -0.2) is 0 Å². The van der Waals surface area contributed by atoms with Crippen LogP contribution in [0.1, 0.15) is 46.5 Å². The molecule has 0 bridgehead atoms. The summed E-state index contributed by atoms with van der Waals surface area (Å²) in [5, 5.41) is 10.3. The summed E-state index contributed by atoms with van der Waals surface area (Å²) in [5.41, 5.74) is 1.70. The molecule has 2 aliphatic carbocycles. The van der Waals surface area contributed by atoms with Crippen LogP contribution in [-0.2, 0) is 0 Å². The van der Waals surface area contributed by atoms with Crippen molar-refractivity contribution >= 4 is 0 Å². The molecule has 0 aromatic carbocycles. The van der Waals surface area contributed by atoms with Crippen LogP contribution in [0.5, 0.6) is 0 Å². The Morgan fingerprint density at radius 1 is 1.40 bits per heavy atom. The van der Waals surface area contributed by atoms with Crippen molar-refractivity contribution in [3.8, 4) is 0 Å². The fraction of sp³-hybridized carbons (Fsp3) is 0.714. The summed E-state index contributed by atoms with van der Waals surface area (Å²) >= 11 is 0. The minimum atomic E-state index is -0.165. The summed E-state index contributed by atoms with van der Waals surface area (Å²) in [6.45, 7) is 6.73. The van der Waals surface area contributed by atoms with E-state index in [9.17, 15) is 5.11 Å². The fourth-order valence-electron chi connectivity index (χ4n) is 3.18. The van der Waals surface area contributed by atoms with Gasteiger partial charge in [-0.3, -0.25) is 0 Å². The number of hydrogen-bond donors (Lipinski definition) is 1. The minimum Gasteiger partial charge on any atom is -0.392 e. The van der Waals surface area contributed by atoms with E-state index in [4.69, 9.17) is 0 Å². The Balaban J connectivity index is 2.36. The molecule has 1 spiro atoms. The van der Waals surface area contributed by atoms with Gasteiger partial charge in [-0.1, -0.05) is 37.6 Å². The molecule has 84 valence electrons. The Kier molecular flexibility index (Phi) is 2.54. The third kappa shape index (κ3) is 1.57. The Labute approximate surface area is 92.9 Å². The molecule has 0 saturated heterocycles. The van der Waals surface area contributed by atoms with Crippen LogP contribution in [-0.4, -0.2) is 11.2 Å². The highest BCUT2D eigenvalue weighted by atomic mass is 16.3. The lowest BCUT2D eigenvalue weighted by Crippen LogP contribution is -2.48. The third-order valence-corrected chi connectivity index (χ3v) is 4.60. The lowest BCUT2D eigenvalue weighted by molar-refractivity contribution is -0.0554. The van der Waals surface area contributed by atoms with E-state index in [2.05, 4.69) is 39.0 Å². The monoisotopic (exact) mass is 206 g/mol. The van der Waals surface area contributed by atoms with Crippen LogP contribution in [0.25, 0.3) is 0 Å². The second kappa shape index (κ2) is 3.48. The first-order chi connectivity index (χ1) is 6.98. The molecule has 1 N–H and O–H groups in total. The van der Waals surface area contributed by atoms with Crippen molar-refractivity contribution < 1.29 is 5.11 Å². The molecule has 0 aromatic rings. The zero-order valence-electron chi connectivity index (χ0n) is 10.1. The van der Waals surface area contributed by atoms with Gasteiger partial charge in [0.05, 0.1) is 6.10 Å². The van der Waals surface area contributed by atoms with Crippen LogP contribution in [0.4, 0.5) is 0 Å². The van der Waals surface area contributed by atoms with Gasteiger partial charge in [0.25, 0.3) is 0 Å². The standard InChI is InChI=1S/C14H22O/c1-11-6-9-14(10-7-11)12(15)5-4-8-13(14,2)3/h4,6,8,12,15H,5,7,9-10H2,1-3H3/t12?,14-/m1/s1. The van der Waals surface area contributed by atoms with E-state index in [-0.39, 0.29) is 16.9 Å². The predicted molar refractivity (Wildman–Crippen MR) is 63.6 cm³/mol. The van der Waals surface area contributed by atoms with Crippen LogP contribution >= 0.6 is 0 Å². The van der Waals surface area contributed by atoms with Gasteiger partial charge in [0.1, 0.15) is 0 Å². The second-order valence-corrected chi connectivity index (χ2v) is 5.79. The van der Waals surface area contributed by atoms with E-state index in [0.717, 1.165) is 25.7 Å². The van der Waals surface area contributed by atoms with E-state index in [1.165, 1.54) is 5.57 Å². The van der Waals surface area contributed by atoms with Crippen molar-refractivity contribution in [1.82, 2.24) is 0 Å². The Morgan fingerprint density at radius 2 is 2.13 bits per heavy atom. The van der Waals surface area contributed by atoms with Crippen LogP contribution in [0.2, 0.25) is 0 Å². The lowest BCUT2D eigenvalue weighted by atomic mass is 9.54. The van der Waals surface area contributed by atoms with E-state index in [0.29, 0.717) is 0 Å². The molecule has 15 heavy (non-hydrogen) atoms. The van der Waals surface area contributed by atoms with Crippen molar-refractivity contribution in [3.05, 3.63) is 23.8 Å². The van der Waals surface area contributed by atoms with Gasteiger partial charge in [0.2, 0.25) is 0 Å². The smallest absolute Gasteiger partial charge is 0.0642 e. The summed E-state index contributed by atoms with van der Waals surface area (Å²) < 4.78 is 0. The molecule has 0 radical (unpaired) electrons. The van der Waals surface area contributed by atoms with Crippen molar-refractivity contribution in [2.75, 3.05) is 0 Å². The van der Waals surface area contributed by atoms with Crippen molar-refractivity contribution in [1.29, 1.82) is 0 Å². The first kappa shape index (κ1) is 10.9. The average Bonchev–Trinajstić information content (AvgIpc) is 2.16. The van der Waals surface area contributed by atoms with E-state index in [1.807, 2.05) is 0 Å². The lowest BCUT2D eigenvalue weighted by Gasteiger charge is -2.52. The topological polar surface area (TPSA) is 20.2 Å². The number of aliphatic hydroxyl groups excluding tert-OH is 1. The minimum absolute atomic E-state index is 0.0846. The van der Waals surface area contributed by atoms with E-state index < -0.39 is 0 Å². The van der Waals surface area contributed by atoms with Gasteiger partial charge in [0.15, 0.2) is 0 Å². The summed E-state index contributed by atoms with van der Waals surface area (Å²) in [6, 6.07) is 0. The Hall–Kier alpha value is -0.560. The van der Waals surface area contributed by atoms with Crippen LogP contribution < -0.4 is 0 Å². The molecule has 0 amide bonds. The highest BCUT2D eigenvalue weighted by Gasteiger charge is 2.49. The average molecular weight is 206 g/mol. The largest absolute Gasteiger partial charge is 0.392 e. The molecular weight excluding hydrogens is 184 g/mol. The number of rotatable bonds is 0. The van der Waals surface area contributed by atoms with Gasteiger partial charge in [-0.05, 0) is 38.0 Å². The number of hydrogen-bond acceptors (Lipinski definition) is 1. The first-order valence-corrected chi connectivity index (χ1v) is 5.99. The zero-order valence-corrected chi connectivity index (χ0v) is 10.1. The maximum atomic E-state index is 10.3. The maximum absolute atomic E-state index is 10.3. The summed E-state index contributed by atoms with van der Waals surface area (Å²) in [4.78, 5) is 0. The van der Waals surface area contributed by atoms with Gasteiger partial charge in [-0.2, -0.15) is 0 Å². The molecule has 1 unspecified atom stereocenters. The Bertz CT molecular complexity index is 311. The molecule has 2 aliphatic rings. The summed E-state index contributed by atoms with van der Waals surface area (Å²) in [7, 11) is 0. The second-order valence-electron chi connectivity index (χ2n) is 5.79. The van der Waals surface area contributed by atoms with Gasteiger partial charge in [0, 0.05) is 5.41 Å². The zero-order chi connectivity index (χ0) is 11.1. The molecule has 0 aromatic heterocycles. The summed E-state index contributed by atoms with van der Waals surface area (Å²) in [5.74, 6) is 0. The third-order valence-electron chi connectivity index (χ3n) is 4.60. The molecule has 0 saturated carbocycles. The van der Waals surface area contributed by atoms with Gasteiger partial charge in [-0.15, -0.1) is 0 Å². The van der Waals surface area contributed by atoms with E-state index >= 15 is 0 Å². The Morgan fingerprint density at radius 3 is 2.67 bits per heavy atom. The predicted octanol–water partition coefficient (Wildman–Crippen LogP) is 3.45. The molecule has 1 heteroatoms. The molecule has 1 nitrogen and oxygen atoms in total. The maximum Gasteiger partial charge on any atom is 0.0642 e. The number of aliphatic hydroxyl groups is 1. The van der Waals surface area contributed by atoms with Gasteiger partial charge >= 0.3 is 0 Å². The van der Waals surface area contributed by atoms with Crippen LogP contribution in [0.3, 0.4) is 0 Å². The highest BCUT2D eigenvalue weighted by molar-refractivity contribution is 5.19. The van der Waals surface area contributed by atoms with Crippen molar-refractivity contribution in [3.63, 3.8) is 0 Å². The van der Waals surface area contributed by atoms with Crippen molar-refractivity contribution in [2.45, 2.75) is 52.6 Å². The molecular formula is C14H22O.